The molecule has 0 saturated heterocycles. The third-order valence-corrected chi connectivity index (χ3v) is 5.59. The van der Waals surface area contributed by atoms with Crippen LogP contribution in [0, 0.1) is 23.3 Å². The molecule has 0 spiro atoms. The van der Waals surface area contributed by atoms with E-state index in [1.807, 2.05) is 0 Å². The van der Waals surface area contributed by atoms with Gasteiger partial charge in [-0.05, 0) is 48.9 Å². The van der Waals surface area contributed by atoms with Crippen molar-refractivity contribution in [2.24, 2.45) is 0 Å². The summed E-state index contributed by atoms with van der Waals surface area (Å²) in [6.45, 7) is 1.58. The van der Waals surface area contributed by atoms with Crippen LogP contribution in [-0.4, -0.2) is 16.2 Å². The van der Waals surface area contributed by atoms with E-state index in [0.29, 0.717) is 22.4 Å². The lowest BCUT2D eigenvalue weighted by Gasteiger charge is -2.35. The van der Waals surface area contributed by atoms with Crippen LogP contribution in [0.4, 0.5) is 28.0 Å². The Labute approximate surface area is 196 Å². The molecule has 176 valence electrons. The summed E-state index contributed by atoms with van der Waals surface area (Å²) in [4.78, 5) is 18.6. The third kappa shape index (κ3) is 4.14. The van der Waals surface area contributed by atoms with Gasteiger partial charge in [0.2, 0.25) is 5.82 Å². The van der Waals surface area contributed by atoms with Gasteiger partial charge in [0.05, 0.1) is 17.3 Å². The molecule has 1 N–H and O–H groups in total. The molecule has 4 aromatic rings. The van der Waals surface area contributed by atoms with Crippen LogP contribution in [0.2, 0.25) is 0 Å². The smallest absolute Gasteiger partial charge is 0.327 e. The van der Waals surface area contributed by atoms with E-state index in [-0.39, 0.29) is 17.4 Å². The van der Waals surface area contributed by atoms with Gasteiger partial charge in [-0.1, -0.05) is 29.4 Å². The third-order valence-electron chi connectivity index (χ3n) is 5.59. The summed E-state index contributed by atoms with van der Waals surface area (Å²) in [5.41, 5.74) is 1.59. The van der Waals surface area contributed by atoms with E-state index < -0.39 is 35.3 Å². The Morgan fingerprint density at radius 1 is 0.914 bits per heavy atom. The van der Waals surface area contributed by atoms with Crippen molar-refractivity contribution in [3.8, 4) is 11.4 Å². The second-order valence-electron chi connectivity index (χ2n) is 7.80. The molecule has 1 unspecified atom stereocenters. The van der Waals surface area contributed by atoms with Crippen LogP contribution in [0.1, 0.15) is 24.4 Å². The van der Waals surface area contributed by atoms with Crippen molar-refractivity contribution in [2.75, 3.05) is 4.90 Å². The standard InChI is InChI=1S/C25H16F4N4O2/c1-13-21(24-31-23(32-35-24)15-3-2-4-17(27)11-15)22(14-5-7-16(26)8-6-14)30-25(34)33(13)18-9-10-19(28)20(29)12-18/h2-12,22H,1H3,(H,30,34). The summed E-state index contributed by atoms with van der Waals surface area (Å²) in [7, 11) is 0. The molecule has 0 radical (unpaired) electrons. The predicted molar refractivity (Wildman–Crippen MR) is 119 cm³/mol. The number of allylic oxidation sites excluding steroid dienone is 1. The number of hydrogen-bond acceptors (Lipinski definition) is 4. The summed E-state index contributed by atoms with van der Waals surface area (Å²) in [6, 6.07) is 12.7. The predicted octanol–water partition coefficient (Wildman–Crippen LogP) is 6.00. The van der Waals surface area contributed by atoms with Gasteiger partial charge >= 0.3 is 6.03 Å². The van der Waals surface area contributed by atoms with Gasteiger partial charge in [0, 0.05) is 17.3 Å². The highest BCUT2D eigenvalue weighted by atomic mass is 19.2. The Balaban J connectivity index is 1.66. The number of carbonyl (C=O) groups is 1. The SMILES string of the molecule is CC1=C(c2nc(-c3cccc(F)c3)no2)C(c2ccc(F)cc2)NC(=O)N1c1ccc(F)c(F)c1. The van der Waals surface area contributed by atoms with E-state index in [4.69, 9.17) is 4.52 Å². The second-order valence-corrected chi connectivity index (χ2v) is 7.80. The zero-order chi connectivity index (χ0) is 24.7. The average Bonchev–Trinajstić information content (AvgIpc) is 3.31. The van der Waals surface area contributed by atoms with E-state index in [1.165, 1.54) is 48.5 Å². The van der Waals surface area contributed by atoms with Gasteiger partial charge < -0.3 is 9.84 Å². The summed E-state index contributed by atoms with van der Waals surface area (Å²) in [5, 5.41) is 6.71. The van der Waals surface area contributed by atoms with Gasteiger partial charge in [0.1, 0.15) is 11.6 Å². The molecule has 3 aromatic carbocycles. The number of carbonyl (C=O) groups excluding carboxylic acids is 1. The van der Waals surface area contributed by atoms with Crippen molar-refractivity contribution in [2.45, 2.75) is 13.0 Å². The average molecular weight is 480 g/mol. The molecule has 0 saturated carbocycles. The van der Waals surface area contributed by atoms with Crippen molar-refractivity contribution in [3.63, 3.8) is 0 Å². The normalized spacial score (nSPS) is 16.0. The van der Waals surface area contributed by atoms with Gasteiger partial charge in [-0.3, -0.25) is 4.90 Å². The van der Waals surface area contributed by atoms with Crippen molar-refractivity contribution in [1.82, 2.24) is 15.5 Å². The Kier molecular flexibility index (Phi) is 5.56. The van der Waals surface area contributed by atoms with E-state index in [2.05, 4.69) is 15.5 Å². The molecule has 0 bridgehead atoms. The number of amides is 2. The number of halogens is 4. The van der Waals surface area contributed by atoms with Crippen molar-refractivity contribution in [1.29, 1.82) is 0 Å². The lowest BCUT2D eigenvalue weighted by atomic mass is 9.94. The Bertz CT molecular complexity index is 1470. The van der Waals surface area contributed by atoms with Crippen LogP contribution < -0.4 is 10.2 Å². The van der Waals surface area contributed by atoms with Crippen LogP contribution in [-0.2, 0) is 0 Å². The summed E-state index contributed by atoms with van der Waals surface area (Å²) in [6.07, 6.45) is 0. The summed E-state index contributed by atoms with van der Waals surface area (Å²) < 4.78 is 60.2. The van der Waals surface area contributed by atoms with Crippen LogP contribution in [0.3, 0.4) is 0 Å². The topological polar surface area (TPSA) is 71.3 Å². The molecule has 6 nitrogen and oxygen atoms in total. The quantitative estimate of drug-likeness (QED) is 0.364. The Hall–Kier alpha value is -4.47. The molecular weight excluding hydrogens is 464 g/mol. The lowest BCUT2D eigenvalue weighted by molar-refractivity contribution is 0.244. The van der Waals surface area contributed by atoms with Crippen molar-refractivity contribution in [3.05, 3.63) is 107 Å². The highest BCUT2D eigenvalue weighted by molar-refractivity contribution is 6.01. The van der Waals surface area contributed by atoms with Gasteiger partial charge in [0.15, 0.2) is 11.6 Å². The van der Waals surface area contributed by atoms with Gasteiger partial charge in [-0.25, -0.2) is 22.4 Å². The number of nitrogens with one attached hydrogen (secondary N) is 1. The van der Waals surface area contributed by atoms with Crippen LogP contribution in [0.15, 0.2) is 77.0 Å². The molecule has 0 aliphatic carbocycles. The van der Waals surface area contributed by atoms with Crippen molar-refractivity contribution >= 4 is 17.3 Å². The summed E-state index contributed by atoms with van der Waals surface area (Å²) >= 11 is 0. The zero-order valence-corrected chi connectivity index (χ0v) is 18.1. The molecule has 5 rings (SSSR count). The minimum Gasteiger partial charge on any atom is -0.334 e. The molecule has 0 fully saturated rings. The van der Waals surface area contributed by atoms with Crippen molar-refractivity contribution < 1.29 is 26.9 Å². The van der Waals surface area contributed by atoms with E-state index >= 15 is 0 Å². The monoisotopic (exact) mass is 480 g/mol. The maximum Gasteiger partial charge on any atom is 0.327 e. The summed E-state index contributed by atoms with van der Waals surface area (Å²) in [5.74, 6) is -3.03. The van der Waals surface area contributed by atoms with Crippen LogP contribution >= 0.6 is 0 Å². The number of hydrogen-bond donors (Lipinski definition) is 1. The van der Waals surface area contributed by atoms with E-state index in [0.717, 1.165) is 17.0 Å². The van der Waals surface area contributed by atoms with Crippen LogP contribution in [0.25, 0.3) is 17.0 Å². The number of benzene rings is 3. The second kappa shape index (κ2) is 8.71. The van der Waals surface area contributed by atoms with E-state index in [9.17, 15) is 22.4 Å². The van der Waals surface area contributed by atoms with E-state index in [1.54, 1.807) is 13.0 Å². The van der Waals surface area contributed by atoms with Crippen LogP contribution in [0.5, 0.6) is 0 Å². The fourth-order valence-electron chi connectivity index (χ4n) is 3.94. The minimum atomic E-state index is -1.13. The van der Waals surface area contributed by atoms with Gasteiger partial charge in [-0.15, -0.1) is 0 Å². The Morgan fingerprint density at radius 3 is 2.40 bits per heavy atom. The number of aromatic nitrogens is 2. The first-order chi connectivity index (χ1) is 16.8. The van der Waals surface area contributed by atoms with Gasteiger partial charge in [-0.2, -0.15) is 4.98 Å². The molecule has 10 heteroatoms. The first kappa shape index (κ1) is 22.3. The molecule has 2 heterocycles. The molecular formula is C25H16F4N4O2. The fourth-order valence-corrected chi connectivity index (χ4v) is 3.94. The number of rotatable bonds is 4. The zero-order valence-electron chi connectivity index (χ0n) is 18.1. The minimum absolute atomic E-state index is 0.00340. The molecule has 35 heavy (non-hydrogen) atoms. The molecule has 1 aromatic heterocycles. The molecule has 1 atom stereocenters. The first-order valence-corrected chi connectivity index (χ1v) is 10.4. The maximum atomic E-state index is 14.0. The maximum absolute atomic E-state index is 14.0. The fraction of sp³-hybridized carbons (Fsp3) is 0.0800. The largest absolute Gasteiger partial charge is 0.334 e. The Morgan fingerprint density at radius 2 is 1.69 bits per heavy atom. The number of urea groups is 1. The highest BCUT2D eigenvalue weighted by Crippen LogP contribution is 2.39. The molecule has 1 aliphatic heterocycles. The lowest BCUT2D eigenvalue weighted by Crippen LogP contribution is -2.46. The highest BCUT2D eigenvalue weighted by Gasteiger charge is 2.36. The molecule has 1 aliphatic rings. The number of nitrogens with zero attached hydrogens (tertiary/aromatic N) is 3. The van der Waals surface area contributed by atoms with Gasteiger partial charge in [0.25, 0.3) is 5.89 Å². The number of anilines is 1. The first-order valence-electron chi connectivity index (χ1n) is 10.4. The molecule has 2 amide bonds.